The van der Waals surface area contributed by atoms with Gasteiger partial charge in [0.25, 0.3) is 5.91 Å². The van der Waals surface area contributed by atoms with Gasteiger partial charge in [-0.3, -0.25) is 9.59 Å². The van der Waals surface area contributed by atoms with E-state index in [0.29, 0.717) is 11.2 Å². The van der Waals surface area contributed by atoms with Gasteiger partial charge < -0.3 is 10.3 Å². The minimum Gasteiger partial charge on any atom is -0.322 e. The SMILES string of the molecule is CC(C)(C)c1cc(=O)[nH]c2cc(NC(=O)c3ccc(C(F)(F)F)cc3)ccc12. The maximum atomic E-state index is 12.6. The van der Waals surface area contributed by atoms with Crippen LogP contribution in [0.2, 0.25) is 0 Å². The first-order valence-electron chi connectivity index (χ1n) is 8.61. The summed E-state index contributed by atoms with van der Waals surface area (Å²) >= 11 is 0. The molecule has 0 unspecified atom stereocenters. The third kappa shape index (κ3) is 4.08. The van der Waals surface area contributed by atoms with Crippen LogP contribution in [0.25, 0.3) is 10.9 Å². The number of halogens is 3. The van der Waals surface area contributed by atoms with Crippen LogP contribution in [0, 0.1) is 0 Å². The van der Waals surface area contributed by atoms with Gasteiger partial charge in [-0.15, -0.1) is 0 Å². The van der Waals surface area contributed by atoms with E-state index in [2.05, 4.69) is 10.3 Å². The maximum Gasteiger partial charge on any atom is 0.416 e. The molecular weight excluding hydrogens is 369 g/mol. The smallest absolute Gasteiger partial charge is 0.322 e. The second-order valence-electron chi connectivity index (χ2n) is 7.59. The first-order chi connectivity index (χ1) is 12.9. The molecule has 1 heterocycles. The molecule has 0 bridgehead atoms. The molecule has 0 saturated heterocycles. The zero-order valence-electron chi connectivity index (χ0n) is 15.6. The molecule has 1 aromatic heterocycles. The molecule has 4 nitrogen and oxygen atoms in total. The summed E-state index contributed by atoms with van der Waals surface area (Å²) in [5, 5.41) is 3.50. The first-order valence-corrected chi connectivity index (χ1v) is 8.61. The fourth-order valence-electron chi connectivity index (χ4n) is 2.97. The van der Waals surface area contributed by atoms with E-state index in [-0.39, 0.29) is 16.5 Å². The van der Waals surface area contributed by atoms with Crippen molar-refractivity contribution in [1.82, 2.24) is 4.98 Å². The number of hydrogen-bond acceptors (Lipinski definition) is 2. The predicted molar refractivity (Wildman–Crippen MR) is 103 cm³/mol. The van der Waals surface area contributed by atoms with Crippen LogP contribution in [0.1, 0.15) is 42.3 Å². The fraction of sp³-hybridized carbons (Fsp3) is 0.238. The molecule has 7 heteroatoms. The maximum absolute atomic E-state index is 12.6. The molecule has 0 radical (unpaired) electrons. The molecule has 0 fully saturated rings. The highest BCUT2D eigenvalue weighted by Gasteiger charge is 2.30. The number of rotatable bonds is 2. The van der Waals surface area contributed by atoms with Crippen LogP contribution >= 0.6 is 0 Å². The van der Waals surface area contributed by atoms with E-state index in [4.69, 9.17) is 0 Å². The number of amides is 1. The molecule has 2 N–H and O–H groups in total. The topological polar surface area (TPSA) is 62.0 Å². The van der Waals surface area contributed by atoms with Gasteiger partial charge in [-0.05, 0) is 47.4 Å². The number of hydrogen-bond donors (Lipinski definition) is 2. The van der Waals surface area contributed by atoms with Crippen molar-refractivity contribution in [3.63, 3.8) is 0 Å². The molecule has 3 aromatic rings. The minimum absolute atomic E-state index is 0.102. The summed E-state index contributed by atoms with van der Waals surface area (Å²) in [7, 11) is 0. The van der Waals surface area contributed by atoms with Crippen molar-refractivity contribution in [2.75, 3.05) is 5.32 Å². The van der Waals surface area contributed by atoms with E-state index in [0.717, 1.165) is 35.2 Å². The molecule has 3 rings (SSSR count). The van der Waals surface area contributed by atoms with Gasteiger partial charge in [-0.1, -0.05) is 26.8 Å². The molecule has 0 aliphatic heterocycles. The third-order valence-electron chi connectivity index (χ3n) is 4.38. The van der Waals surface area contributed by atoms with Gasteiger partial charge in [0.05, 0.1) is 11.1 Å². The number of carbonyl (C=O) groups excluding carboxylic acids is 1. The van der Waals surface area contributed by atoms with Gasteiger partial charge >= 0.3 is 6.18 Å². The number of anilines is 1. The Bertz CT molecular complexity index is 1090. The number of aromatic amines is 1. The van der Waals surface area contributed by atoms with Crippen molar-refractivity contribution in [3.05, 3.63) is 75.6 Å². The van der Waals surface area contributed by atoms with Crippen LogP contribution in [0.15, 0.2) is 53.3 Å². The van der Waals surface area contributed by atoms with Crippen LogP contribution < -0.4 is 10.9 Å². The zero-order valence-corrected chi connectivity index (χ0v) is 15.6. The summed E-state index contributed by atoms with van der Waals surface area (Å²) in [5.41, 5.74) is 0.682. The van der Waals surface area contributed by atoms with Gasteiger partial charge in [0.15, 0.2) is 0 Å². The fourth-order valence-corrected chi connectivity index (χ4v) is 2.97. The highest BCUT2D eigenvalue weighted by Crippen LogP contribution is 2.30. The molecule has 0 aliphatic carbocycles. The zero-order chi connectivity index (χ0) is 20.7. The predicted octanol–water partition coefficient (Wildman–Crippen LogP) is 5.10. The average molecular weight is 388 g/mol. The summed E-state index contributed by atoms with van der Waals surface area (Å²) in [6.07, 6.45) is -4.45. The van der Waals surface area contributed by atoms with Crippen molar-refractivity contribution in [2.45, 2.75) is 32.4 Å². The number of nitrogens with one attached hydrogen (secondary N) is 2. The lowest BCUT2D eigenvalue weighted by Gasteiger charge is -2.21. The standard InChI is InChI=1S/C21H19F3N2O2/c1-20(2,3)16-11-18(27)26-17-10-14(8-9-15(16)17)25-19(28)12-4-6-13(7-5-12)21(22,23)24/h4-11H,1-3H3,(H,25,28)(H,26,27). The van der Waals surface area contributed by atoms with Crippen LogP contribution in [-0.2, 0) is 11.6 Å². The van der Waals surface area contributed by atoms with Crippen LogP contribution in [0.5, 0.6) is 0 Å². The monoisotopic (exact) mass is 388 g/mol. The normalized spacial score (nSPS) is 12.2. The number of benzene rings is 2. The summed E-state index contributed by atoms with van der Waals surface area (Å²) < 4.78 is 37.9. The summed E-state index contributed by atoms with van der Waals surface area (Å²) in [4.78, 5) is 27.1. The van der Waals surface area contributed by atoms with Crippen molar-refractivity contribution < 1.29 is 18.0 Å². The average Bonchev–Trinajstić information content (AvgIpc) is 2.59. The Labute approximate surface area is 159 Å². The van der Waals surface area contributed by atoms with Crippen molar-refractivity contribution in [3.8, 4) is 0 Å². The lowest BCUT2D eigenvalue weighted by atomic mass is 9.85. The van der Waals surface area contributed by atoms with Gasteiger partial charge in [0, 0.05) is 22.7 Å². The molecule has 2 aromatic carbocycles. The largest absolute Gasteiger partial charge is 0.416 e. The Hall–Kier alpha value is -3.09. The first kappa shape index (κ1) is 19.7. The van der Waals surface area contributed by atoms with Crippen LogP contribution in [0.4, 0.5) is 18.9 Å². The Morgan fingerprint density at radius 1 is 0.964 bits per heavy atom. The molecule has 28 heavy (non-hydrogen) atoms. The second-order valence-corrected chi connectivity index (χ2v) is 7.59. The Kier molecular flexibility index (Phi) is 4.79. The summed E-state index contributed by atoms with van der Waals surface area (Å²) in [5.74, 6) is -0.539. The molecular formula is C21H19F3N2O2. The number of alkyl halides is 3. The number of fused-ring (bicyclic) bond motifs is 1. The molecule has 1 amide bonds. The number of aromatic nitrogens is 1. The Balaban J connectivity index is 1.90. The second kappa shape index (κ2) is 6.82. The van der Waals surface area contributed by atoms with Gasteiger partial charge in [-0.25, -0.2) is 0 Å². The van der Waals surface area contributed by atoms with E-state index >= 15 is 0 Å². The Morgan fingerprint density at radius 3 is 2.18 bits per heavy atom. The number of pyridine rings is 1. The molecule has 0 saturated carbocycles. The van der Waals surface area contributed by atoms with Crippen LogP contribution in [-0.4, -0.2) is 10.9 Å². The van der Waals surface area contributed by atoms with Gasteiger partial charge in [0.2, 0.25) is 5.56 Å². The third-order valence-corrected chi connectivity index (χ3v) is 4.38. The minimum atomic E-state index is -4.45. The van der Waals surface area contributed by atoms with E-state index in [9.17, 15) is 22.8 Å². The highest BCUT2D eigenvalue weighted by atomic mass is 19.4. The van der Waals surface area contributed by atoms with Crippen LogP contribution in [0.3, 0.4) is 0 Å². The van der Waals surface area contributed by atoms with E-state index < -0.39 is 17.6 Å². The lowest BCUT2D eigenvalue weighted by molar-refractivity contribution is -0.137. The molecule has 0 atom stereocenters. The van der Waals surface area contributed by atoms with Crippen molar-refractivity contribution >= 4 is 22.5 Å². The summed E-state index contributed by atoms with van der Waals surface area (Å²) in [6.45, 7) is 6.00. The molecule has 0 spiro atoms. The van der Waals surface area contributed by atoms with Crippen molar-refractivity contribution in [2.24, 2.45) is 0 Å². The molecule has 0 aliphatic rings. The lowest BCUT2D eigenvalue weighted by Crippen LogP contribution is -2.17. The van der Waals surface area contributed by atoms with Gasteiger partial charge in [-0.2, -0.15) is 13.2 Å². The number of carbonyl (C=O) groups is 1. The van der Waals surface area contributed by atoms with Crippen molar-refractivity contribution in [1.29, 1.82) is 0 Å². The highest BCUT2D eigenvalue weighted by molar-refractivity contribution is 6.05. The Morgan fingerprint density at radius 2 is 1.61 bits per heavy atom. The number of H-pyrrole nitrogens is 1. The summed E-state index contributed by atoms with van der Waals surface area (Å²) in [6, 6.07) is 10.7. The molecule has 146 valence electrons. The van der Waals surface area contributed by atoms with E-state index in [1.54, 1.807) is 24.3 Å². The van der Waals surface area contributed by atoms with E-state index in [1.165, 1.54) is 0 Å². The quantitative estimate of drug-likeness (QED) is 0.642. The van der Waals surface area contributed by atoms with Gasteiger partial charge in [0.1, 0.15) is 0 Å². The van der Waals surface area contributed by atoms with E-state index in [1.807, 2.05) is 20.8 Å².